The van der Waals surface area contributed by atoms with Crippen molar-refractivity contribution in [1.82, 2.24) is 9.80 Å². The van der Waals surface area contributed by atoms with Crippen molar-refractivity contribution in [3.8, 4) is 0 Å². The van der Waals surface area contributed by atoms with Gasteiger partial charge in [-0.25, -0.2) is 0 Å². The van der Waals surface area contributed by atoms with Gasteiger partial charge >= 0.3 is 7.48 Å². The summed E-state index contributed by atoms with van der Waals surface area (Å²) in [5.41, 5.74) is -0.103. The first-order valence-electron chi connectivity index (χ1n) is 8.99. The van der Waals surface area contributed by atoms with Crippen LogP contribution in [0, 0.1) is 0 Å². The van der Waals surface area contributed by atoms with Gasteiger partial charge in [0.2, 0.25) is 0 Å². The van der Waals surface area contributed by atoms with Crippen LogP contribution in [0.5, 0.6) is 0 Å². The van der Waals surface area contributed by atoms with Crippen LogP contribution in [0.3, 0.4) is 0 Å². The molecule has 1 heterocycles. The second kappa shape index (κ2) is 7.89. The molecule has 25 heavy (non-hydrogen) atoms. The maximum Gasteiger partial charge on any atom is 0.330 e. The van der Waals surface area contributed by atoms with Crippen LogP contribution in [0.15, 0.2) is 24.3 Å². The zero-order chi connectivity index (χ0) is 18.7. The third kappa shape index (κ3) is 5.06. The number of amides is 1. The van der Waals surface area contributed by atoms with Crippen molar-refractivity contribution in [2.75, 3.05) is 32.7 Å². The van der Waals surface area contributed by atoms with Gasteiger partial charge in [0.1, 0.15) is 0 Å². The SMILES string of the molecule is CCN1CCN(C(=O)c2ccc([B]OC(C)(C)C(C)(C)O)cc2)CC1. The van der Waals surface area contributed by atoms with Crippen molar-refractivity contribution in [3.63, 3.8) is 0 Å². The molecule has 0 unspecified atom stereocenters. The molecular weight excluding hydrogens is 315 g/mol. The summed E-state index contributed by atoms with van der Waals surface area (Å²) in [6, 6.07) is 7.41. The second-order valence-corrected chi connectivity index (χ2v) is 7.65. The van der Waals surface area contributed by atoms with E-state index in [4.69, 9.17) is 4.65 Å². The Morgan fingerprint density at radius 1 is 1.12 bits per heavy atom. The Morgan fingerprint density at radius 3 is 2.16 bits per heavy atom. The number of nitrogens with zero attached hydrogens (tertiary/aromatic N) is 2. The van der Waals surface area contributed by atoms with Gasteiger partial charge in [-0.15, -0.1) is 0 Å². The van der Waals surface area contributed by atoms with E-state index >= 15 is 0 Å². The fourth-order valence-corrected chi connectivity index (χ4v) is 2.51. The molecule has 0 spiro atoms. The predicted molar refractivity (Wildman–Crippen MR) is 101 cm³/mol. The average molecular weight is 345 g/mol. The molecule has 0 atom stereocenters. The van der Waals surface area contributed by atoms with Crippen LogP contribution in [-0.4, -0.2) is 72.2 Å². The zero-order valence-electron chi connectivity index (χ0n) is 16.1. The summed E-state index contributed by atoms with van der Waals surface area (Å²) in [7, 11) is 1.63. The van der Waals surface area contributed by atoms with E-state index < -0.39 is 11.2 Å². The van der Waals surface area contributed by atoms with E-state index in [-0.39, 0.29) is 5.91 Å². The summed E-state index contributed by atoms with van der Waals surface area (Å²) >= 11 is 0. The molecule has 0 aliphatic carbocycles. The highest BCUT2D eigenvalue weighted by atomic mass is 16.5. The number of aliphatic hydroxyl groups is 1. The Hall–Kier alpha value is -1.37. The van der Waals surface area contributed by atoms with E-state index in [0.29, 0.717) is 5.56 Å². The summed E-state index contributed by atoms with van der Waals surface area (Å²) < 4.78 is 5.74. The number of hydrogen-bond acceptors (Lipinski definition) is 4. The molecule has 0 aromatic heterocycles. The van der Waals surface area contributed by atoms with Gasteiger partial charge in [0, 0.05) is 31.7 Å². The lowest BCUT2D eigenvalue weighted by molar-refractivity contribution is -0.0893. The topological polar surface area (TPSA) is 53.0 Å². The normalized spacial score (nSPS) is 16.8. The molecule has 1 amide bonds. The van der Waals surface area contributed by atoms with E-state index in [1.54, 1.807) is 21.3 Å². The number of rotatable bonds is 6. The van der Waals surface area contributed by atoms with Gasteiger partial charge in [0.15, 0.2) is 0 Å². The lowest BCUT2D eigenvalue weighted by atomic mass is 9.82. The lowest BCUT2D eigenvalue weighted by Gasteiger charge is -2.37. The van der Waals surface area contributed by atoms with Crippen molar-refractivity contribution >= 4 is 18.9 Å². The second-order valence-electron chi connectivity index (χ2n) is 7.65. The van der Waals surface area contributed by atoms with E-state index in [1.165, 1.54) is 0 Å². The minimum Gasteiger partial charge on any atom is -0.427 e. The molecule has 1 aliphatic rings. The maximum atomic E-state index is 12.6. The first-order valence-corrected chi connectivity index (χ1v) is 8.99. The molecule has 2 rings (SSSR count). The number of benzene rings is 1. The average Bonchev–Trinajstić information content (AvgIpc) is 2.59. The van der Waals surface area contributed by atoms with E-state index in [1.807, 2.05) is 43.0 Å². The van der Waals surface area contributed by atoms with Crippen LogP contribution in [0.1, 0.15) is 45.0 Å². The maximum absolute atomic E-state index is 12.6. The van der Waals surface area contributed by atoms with Gasteiger partial charge in [0.25, 0.3) is 5.91 Å². The predicted octanol–water partition coefficient (Wildman–Crippen LogP) is 1.27. The van der Waals surface area contributed by atoms with E-state index in [2.05, 4.69) is 11.8 Å². The molecule has 0 saturated carbocycles. The van der Waals surface area contributed by atoms with Crippen LogP contribution in [-0.2, 0) is 4.65 Å². The van der Waals surface area contributed by atoms with Crippen LogP contribution < -0.4 is 5.46 Å². The third-order valence-corrected chi connectivity index (χ3v) is 5.23. The molecule has 1 aromatic carbocycles. The summed E-state index contributed by atoms with van der Waals surface area (Å²) in [6.45, 7) is 13.8. The number of hydrogen-bond donors (Lipinski definition) is 1. The minimum atomic E-state index is -0.958. The molecule has 1 saturated heterocycles. The molecule has 1 aromatic rings. The van der Waals surface area contributed by atoms with Crippen LogP contribution >= 0.6 is 0 Å². The number of likely N-dealkylation sites (N-methyl/N-ethyl adjacent to an activating group) is 1. The molecule has 1 fully saturated rings. The van der Waals surface area contributed by atoms with Gasteiger partial charge in [-0.3, -0.25) is 4.79 Å². The summed E-state index contributed by atoms with van der Waals surface area (Å²) in [6.07, 6.45) is 0. The molecule has 137 valence electrons. The van der Waals surface area contributed by atoms with Gasteiger partial charge in [-0.1, -0.05) is 24.5 Å². The third-order valence-electron chi connectivity index (χ3n) is 5.23. The van der Waals surface area contributed by atoms with Gasteiger partial charge in [-0.05, 0) is 46.4 Å². The summed E-state index contributed by atoms with van der Waals surface area (Å²) in [4.78, 5) is 16.9. The number of carbonyl (C=O) groups excluding carboxylic acids is 1. The molecule has 6 heteroatoms. The highest BCUT2D eigenvalue weighted by molar-refractivity contribution is 6.47. The summed E-state index contributed by atoms with van der Waals surface area (Å²) in [5, 5.41) is 10.1. The standard InChI is InChI=1S/C19H30BN2O3/c1-6-21-11-13-22(14-12-21)17(23)15-7-9-16(10-8-15)20-25-19(4,5)18(2,3)24/h7-10,24H,6,11-14H2,1-5H3. The zero-order valence-corrected chi connectivity index (χ0v) is 16.1. The first-order chi connectivity index (χ1) is 11.6. The minimum absolute atomic E-state index is 0.0834. The Balaban J connectivity index is 1.92. The van der Waals surface area contributed by atoms with Gasteiger partial charge in [0.05, 0.1) is 11.2 Å². The Labute approximate surface area is 152 Å². The van der Waals surface area contributed by atoms with E-state index in [9.17, 15) is 9.90 Å². The Morgan fingerprint density at radius 2 is 1.68 bits per heavy atom. The number of piperazine rings is 1. The van der Waals surface area contributed by atoms with Crippen molar-refractivity contribution in [2.24, 2.45) is 0 Å². The smallest absolute Gasteiger partial charge is 0.330 e. The fraction of sp³-hybridized carbons (Fsp3) is 0.632. The Bertz CT molecular complexity index is 573. The van der Waals surface area contributed by atoms with Crippen molar-refractivity contribution < 1.29 is 14.6 Å². The quantitative estimate of drug-likeness (QED) is 0.789. The van der Waals surface area contributed by atoms with Crippen molar-refractivity contribution in [2.45, 2.75) is 45.8 Å². The van der Waals surface area contributed by atoms with Gasteiger partial charge < -0.3 is 19.6 Å². The van der Waals surface area contributed by atoms with Gasteiger partial charge in [-0.2, -0.15) is 0 Å². The number of carbonyl (C=O) groups is 1. The fourth-order valence-electron chi connectivity index (χ4n) is 2.51. The van der Waals surface area contributed by atoms with Crippen LogP contribution in [0.2, 0.25) is 0 Å². The highest BCUT2D eigenvalue weighted by Gasteiger charge is 2.35. The molecule has 1 aliphatic heterocycles. The summed E-state index contributed by atoms with van der Waals surface area (Å²) in [5.74, 6) is 0.0834. The molecule has 0 bridgehead atoms. The van der Waals surface area contributed by atoms with Crippen molar-refractivity contribution in [3.05, 3.63) is 29.8 Å². The van der Waals surface area contributed by atoms with E-state index in [0.717, 1.165) is 38.2 Å². The molecule has 1 radical (unpaired) electrons. The van der Waals surface area contributed by atoms with Crippen LogP contribution in [0.25, 0.3) is 0 Å². The monoisotopic (exact) mass is 345 g/mol. The van der Waals surface area contributed by atoms with Crippen molar-refractivity contribution in [1.29, 1.82) is 0 Å². The lowest BCUT2D eigenvalue weighted by Crippen LogP contribution is -2.49. The highest BCUT2D eigenvalue weighted by Crippen LogP contribution is 2.24. The Kier molecular flexibility index (Phi) is 6.30. The molecule has 5 nitrogen and oxygen atoms in total. The largest absolute Gasteiger partial charge is 0.427 e. The molecule has 1 N–H and O–H groups in total. The first kappa shape index (κ1) is 20.0. The van der Waals surface area contributed by atoms with Crippen LogP contribution in [0.4, 0.5) is 0 Å². The molecular formula is C19H30BN2O3.